The number of likely N-dealkylation sites (tertiary alicyclic amines) is 1. The number of unbranched alkanes of at least 4 members (excludes halogenated alkanes) is 1. The Balaban J connectivity index is 0.000000231. The summed E-state index contributed by atoms with van der Waals surface area (Å²) in [6.07, 6.45) is 8.71. The van der Waals surface area contributed by atoms with E-state index in [9.17, 15) is 9.59 Å². The fourth-order valence-corrected chi connectivity index (χ4v) is 4.33. The molecular weight excluding hydrogens is 538 g/mol. The number of aliphatic carboxylic acids is 2. The van der Waals surface area contributed by atoms with Crippen molar-refractivity contribution in [2.75, 3.05) is 26.2 Å². The molecule has 5 rings (SSSR count). The molecule has 0 amide bonds. The summed E-state index contributed by atoms with van der Waals surface area (Å²) in [5.41, 5.74) is 3.22. The van der Waals surface area contributed by atoms with Crippen LogP contribution in [-0.2, 0) is 14.3 Å². The van der Waals surface area contributed by atoms with Crippen molar-refractivity contribution in [2.45, 2.75) is 37.9 Å². The Kier molecular flexibility index (Phi) is 13.8. The van der Waals surface area contributed by atoms with Gasteiger partial charge in [0.2, 0.25) is 0 Å². The van der Waals surface area contributed by atoms with Gasteiger partial charge in [-0.2, -0.15) is 5.10 Å². The number of aliphatic hydroxyl groups is 1. The van der Waals surface area contributed by atoms with Crippen LogP contribution in [-0.4, -0.2) is 84.3 Å². The monoisotopic (exact) mass is 575 g/mol. The summed E-state index contributed by atoms with van der Waals surface area (Å²) in [5, 5.41) is 32.2. The first-order valence-corrected chi connectivity index (χ1v) is 13.8. The van der Waals surface area contributed by atoms with E-state index in [1.807, 2.05) is 12.1 Å². The molecule has 1 aliphatic heterocycles. The van der Waals surface area contributed by atoms with Gasteiger partial charge >= 0.3 is 11.9 Å². The van der Waals surface area contributed by atoms with Gasteiger partial charge in [-0.25, -0.2) is 14.6 Å². The third-order valence-electron chi connectivity index (χ3n) is 6.38. The van der Waals surface area contributed by atoms with Crippen molar-refractivity contribution in [3.05, 3.63) is 109 Å². The van der Waals surface area contributed by atoms with Crippen molar-refractivity contribution in [2.24, 2.45) is 0 Å². The van der Waals surface area contributed by atoms with Crippen LogP contribution in [0, 0.1) is 0 Å². The number of carboxylic acids is 2. The van der Waals surface area contributed by atoms with Crippen molar-refractivity contribution in [1.82, 2.24) is 24.7 Å². The van der Waals surface area contributed by atoms with Crippen LogP contribution in [0.5, 0.6) is 0 Å². The van der Waals surface area contributed by atoms with Crippen LogP contribution in [0.1, 0.15) is 42.9 Å². The fraction of sp³-hybridized carbons (Fsp3) is 0.323. The number of fused-ring (bicyclic) bond motifs is 1. The molecule has 0 bridgehead atoms. The molecule has 11 nitrogen and oxygen atoms in total. The lowest BCUT2D eigenvalue weighted by Gasteiger charge is -2.34. The number of ether oxygens (including phenoxy) is 1. The van der Waals surface area contributed by atoms with Crippen molar-refractivity contribution in [3.63, 3.8) is 0 Å². The summed E-state index contributed by atoms with van der Waals surface area (Å²) in [5.74, 6) is -2.51. The number of hydrogen-bond acceptors (Lipinski definition) is 8. The molecule has 222 valence electrons. The number of aromatic nitrogens is 4. The molecule has 1 aliphatic rings. The largest absolute Gasteiger partial charge is 0.478 e. The second kappa shape index (κ2) is 18.1. The molecule has 1 saturated heterocycles. The summed E-state index contributed by atoms with van der Waals surface area (Å²) in [7, 11) is 0. The van der Waals surface area contributed by atoms with Gasteiger partial charge in [-0.05, 0) is 55.5 Å². The molecule has 3 N–H and O–H groups in total. The number of benzene rings is 2. The number of hydrogen-bond donors (Lipinski definition) is 3. The maximum atomic E-state index is 9.55. The molecule has 3 heterocycles. The second-order valence-electron chi connectivity index (χ2n) is 9.45. The minimum atomic E-state index is -1.26. The van der Waals surface area contributed by atoms with E-state index < -0.39 is 11.9 Å². The van der Waals surface area contributed by atoms with E-state index in [2.05, 4.69) is 80.7 Å². The molecule has 11 heteroatoms. The number of aliphatic hydroxyl groups excluding tert-OH is 1. The molecule has 0 aliphatic carbocycles. The first-order chi connectivity index (χ1) is 20.5. The standard InChI is InChI=1S/C22H29NO2.C5H4N4.C4H4O4/c24-18-8-7-15-23-16-13-21(14-17-23)25-22(19-9-3-1-4-10-19)20-11-5-2-6-12-20;1-2-5-6-4-8-9(5)7-3-1;5-3(6)1-2-4(7)8/h1-6,9-12,21-22,24H,7-8,13-18H2;1-4H;1-2H,(H,5,6)(H,7,8)/b;;2-1+. The summed E-state index contributed by atoms with van der Waals surface area (Å²) >= 11 is 0. The van der Waals surface area contributed by atoms with Gasteiger partial charge in [-0.15, -0.1) is 9.73 Å². The Hall–Kier alpha value is -4.45. The summed E-state index contributed by atoms with van der Waals surface area (Å²) in [6, 6.07) is 24.7. The second-order valence-corrected chi connectivity index (χ2v) is 9.45. The highest BCUT2D eigenvalue weighted by Gasteiger charge is 2.24. The molecule has 2 aromatic heterocycles. The topological polar surface area (TPSA) is 150 Å². The highest BCUT2D eigenvalue weighted by Crippen LogP contribution is 2.30. The molecule has 0 atom stereocenters. The Morgan fingerprint density at radius 2 is 1.45 bits per heavy atom. The summed E-state index contributed by atoms with van der Waals surface area (Å²) in [6.45, 7) is 3.57. The Morgan fingerprint density at radius 1 is 0.857 bits per heavy atom. The van der Waals surface area contributed by atoms with Crippen molar-refractivity contribution in [3.8, 4) is 0 Å². The molecule has 1 fully saturated rings. The Morgan fingerprint density at radius 3 is 1.98 bits per heavy atom. The third-order valence-corrected chi connectivity index (χ3v) is 6.38. The molecule has 0 saturated carbocycles. The van der Waals surface area contributed by atoms with Gasteiger partial charge in [0, 0.05) is 38.0 Å². The maximum absolute atomic E-state index is 9.55. The van der Waals surface area contributed by atoms with Crippen LogP contribution in [0.15, 0.2) is 97.5 Å². The quantitative estimate of drug-likeness (QED) is 0.188. The van der Waals surface area contributed by atoms with Crippen molar-refractivity contribution in [1.29, 1.82) is 0 Å². The Bertz CT molecular complexity index is 1270. The van der Waals surface area contributed by atoms with Gasteiger partial charge in [-0.3, -0.25) is 0 Å². The lowest BCUT2D eigenvalue weighted by atomic mass is 10.00. The third kappa shape index (κ3) is 11.6. The predicted octanol–water partition coefficient (Wildman–Crippen LogP) is 3.87. The lowest BCUT2D eigenvalue weighted by molar-refractivity contribution is -0.134. The first-order valence-electron chi connectivity index (χ1n) is 13.8. The van der Waals surface area contributed by atoms with E-state index in [0.29, 0.717) is 24.9 Å². The van der Waals surface area contributed by atoms with Gasteiger partial charge in [0.05, 0.1) is 6.10 Å². The zero-order valence-electron chi connectivity index (χ0n) is 23.4. The van der Waals surface area contributed by atoms with Gasteiger partial charge in [0.15, 0.2) is 5.65 Å². The van der Waals surface area contributed by atoms with Gasteiger partial charge in [0.1, 0.15) is 12.4 Å². The molecule has 0 unspecified atom stereocenters. The van der Waals surface area contributed by atoms with E-state index in [0.717, 1.165) is 51.0 Å². The van der Waals surface area contributed by atoms with Crippen molar-refractivity contribution < 1.29 is 29.6 Å². The number of rotatable bonds is 10. The van der Waals surface area contributed by atoms with Gasteiger partial charge in [0.25, 0.3) is 0 Å². The van der Waals surface area contributed by atoms with E-state index in [1.165, 1.54) is 22.1 Å². The van der Waals surface area contributed by atoms with Gasteiger partial charge < -0.3 is 25.0 Å². The lowest BCUT2D eigenvalue weighted by Crippen LogP contribution is -2.38. The highest BCUT2D eigenvalue weighted by atomic mass is 16.5. The molecule has 4 aromatic rings. The van der Waals surface area contributed by atoms with Crippen LogP contribution >= 0.6 is 0 Å². The average Bonchev–Trinajstić information content (AvgIpc) is 3.50. The molecule has 0 spiro atoms. The number of nitrogens with zero attached hydrogens (tertiary/aromatic N) is 5. The molecular formula is C31H37N5O6. The average molecular weight is 576 g/mol. The SMILES string of the molecule is O=C(O)/C=C/C(=O)O.OCCCCN1CCC(OC(c2ccccc2)c2ccccc2)CC1.c1cnn2ncnc2c1. The molecule has 42 heavy (non-hydrogen) atoms. The molecule has 0 radical (unpaired) electrons. The minimum absolute atomic E-state index is 0.00772. The minimum Gasteiger partial charge on any atom is -0.478 e. The zero-order valence-corrected chi connectivity index (χ0v) is 23.4. The van der Waals surface area contributed by atoms with Crippen LogP contribution in [0.25, 0.3) is 5.65 Å². The first kappa shape index (κ1) is 32.1. The van der Waals surface area contributed by atoms with Gasteiger partial charge in [-0.1, -0.05) is 60.7 Å². The van der Waals surface area contributed by atoms with E-state index in [1.54, 1.807) is 6.20 Å². The summed E-state index contributed by atoms with van der Waals surface area (Å²) < 4.78 is 8.04. The summed E-state index contributed by atoms with van der Waals surface area (Å²) in [4.78, 5) is 25.5. The van der Waals surface area contributed by atoms with Crippen LogP contribution in [0.4, 0.5) is 0 Å². The zero-order chi connectivity index (χ0) is 30.0. The Labute approximate surface area is 244 Å². The number of carboxylic acid groups (broad SMARTS) is 2. The van der Waals surface area contributed by atoms with Crippen LogP contribution < -0.4 is 0 Å². The van der Waals surface area contributed by atoms with Crippen LogP contribution in [0.2, 0.25) is 0 Å². The fourth-order valence-electron chi connectivity index (χ4n) is 4.33. The number of carbonyl (C=O) groups is 2. The number of piperidine rings is 1. The van der Waals surface area contributed by atoms with Crippen LogP contribution in [0.3, 0.4) is 0 Å². The smallest absolute Gasteiger partial charge is 0.328 e. The van der Waals surface area contributed by atoms with E-state index in [-0.39, 0.29) is 6.10 Å². The molecule has 2 aromatic carbocycles. The van der Waals surface area contributed by atoms with Crippen molar-refractivity contribution >= 4 is 17.6 Å². The normalized spacial score (nSPS) is 13.8. The van der Waals surface area contributed by atoms with E-state index >= 15 is 0 Å². The highest BCUT2D eigenvalue weighted by molar-refractivity contribution is 5.89. The van der Waals surface area contributed by atoms with E-state index in [4.69, 9.17) is 20.1 Å². The predicted molar refractivity (Wildman–Crippen MR) is 157 cm³/mol. The maximum Gasteiger partial charge on any atom is 0.328 e.